The normalized spacial score (nSPS) is 10.7. The molecule has 1 aromatic heterocycles. The Morgan fingerprint density at radius 1 is 1.33 bits per heavy atom. The highest BCUT2D eigenvalue weighted by Crippen LogP contribution is 2.17. The summed E-state index contributed by atoms with van der Waals surface area (Å²) in [5.74, 6) is 0.885. The van der Waals surface area contributed by atoms with Gasteiger partial charge >= 0.3 is 0 Å². The fourth-order valence-corrected chi connectivity index (χ4v) is 1.92. The highest BCUT2D eigenvalue weighted by Gasteiger charge is 2.13. The van der Waals surface area contributed by atoms with Gasteiger partial charge in [0.15, 0.2) is 5.78 Å². The molecule has 1 rings (SSSR count). The number of rotatable bonds is 7. The van der Waals surface area contributed by atoms with Gasteiger partial charge in [0.05, 0.1) is 5.56 Å². The number of ketones is 1. The maximum absolute atomic E-state index is 11.6. The van der Waals surface area contributed by atoms with Crippen LogP contribution in [0.25, 0.3) is 0 Å². The van der Waals surface area contributed by atoms with Gasteiger partial charge in [0.25, 0.3) is 0 Å². The van der Waals surface area contributed by atoms with Gasteiger partial charge in [-0.2, -0.15) is 0 Å². The zero-order chi connectivity index (χ0) is 13.5. The van der Waals surface area contributed by atoms with Gasteiger partial charge in [-0.05, 0) is 53.0 Å². The highest BCUT2D eigenvalue weighted by molar-refractivity contribution is 5.98. The Morgan fingerprint density at radius 3 is 2.61 bits per heavy atom. The summed E-state index contributed by atoms with van der Waals surface area (Å²) in [5, 5.41) is 0. The second kappa shape index (κ2) is 7.11. The van der Waals surface area contributed by atoms with Crippen LogP contribution in [0.4, 0.5) is 5.82 Å². The van der Waals surface area contributed by atoms with E-state index in [0.717, 1.165) is 31.9 Å². The fraction of sp³-hybridized carbons (Fsp3) is 0.571. The van der Waals surface area contributed by atoms with Crippen LogP contribution in [0.5, 0.6) is 0 Å². The molecule has 0 atom stereocenters. The summed E-state index contributed by atoms with van der Waals surface area (Å²) in [4.78, 5) is 20.3. The van der Waals surface area contributed by atoms with Crippen molar-refractivity contribution in [3.8, 4) is 0 Å². The number of anilines is 1. The summed E-state index contributed by atoms with van der Waals surface area (Å²) >= 11 is 0. The van der Waals surface area contributed by atoms with Gasteiger partial charge in [0.2, 0.25) is 0 Å². The van der Waals surface area contributed by atoms with Gasteiger partial charge in [0.1, 0.15) is 5.82 Å². The molecule has 0 saturated heterocycles. The zero-order valence-electron chi connectivity index (χ0n) is 11.8. The molecule has 0 aliphatic rings. The van der Waals surface area contributed by atoms with Crippen LogP contribution in [-0.4, -0.2) is 49.4 Å². The van der Waals surface area contributed by atoms with Gasteiger partial charge in [-0.15, -0.1) is 0 Å². The van der Waals surface area contributed by atoms with E-state index in [1.807, 2.05) is 12.1 Å². The second-order valence-corrected chi connectivity index (χ2v) is 4.67. The Morgan fingerprint density at radius 2 is 2.06 bits per heavy atom. The summed E-state index contributed by atoms with van der Waals surface area (Å²) in [6.07, 6.45) is 2.81. The summed E-state index contributed by atoms with van der Waals surface area (Å²) in [5.41, 5.74) is 0.712. The maximum atomic E-state index is 11.6. The number of carbonyl (C=O) groups is 1. The molecule has 0 aliphatic heterocycles. The van der Waals surface area contributed by atoms with E-state index in [9.17, 15) is 4.79 Å². The van der Waals surface area contributed by atoms with Crippen LogP contribution >= 0.6 is 0 Å². The first kappa shape index (κ1) is 14.6. The molecule has 4 nitrogen and oxygen atoms in total. The van der Waals surface area contributed by atoms with Crippen LogP contribution in [0.2, 0.25) is 0 Å². The zero-order valence-corrected chi connectivity index (χ0v) is 11.8. The molecule has 4 heteroatoms. The minimum absolute atomic E-state index is 0.0733. The monoisotopic (exact) mass is 249 g/mol. The van der Waals surface area contributed by atoms with E-state index in [0.29, 0.717) is 5.56 Å². The lowest BCUT2D eigenvalue weighted by atomic mass is 10.1. The predicted molar refractivity (Wildman–Crippen MR) is 75.3 cm³/mol. The molecule has 0 saturated carbocycles. The van der Waals surface area contributed by atoms with Gasteiger partial charge in [-0.3, -0.25) is 4.79 Å². The van der Waals surface area contributed by atoms with Crippen LogP contribution in [0.15, 0.2) is 18.3 Å². The molecule has 0 bridgehead atoms. The van der Waals surface area contributed by atoms with Crippen molar-refractivity contribution in [3.63, 3.8) is 0 Å². The topological polar surface area (TPSA) is 36.4 Å². The second-order valence-electron chi connectivity index (χ2n) is 4.67. The predicted octanol–water partition coefficient (Wildman–Crippen LogP) is 2.06. The third-order valence-electron chi connectivity index (χ3n) is 2.88. The number of pyridine rings is 1. The van der Waals surface area contributed by atoms with Gasteiger partial charge in [0, 0.05) is 19.3 Å². The average Bonchev–Trinajstić information content (AvgIpc) is 2.34. The molecule has 1 heterocycles. The summed E-state index contributed by atoms with van der Waals surface area (Å²) in [6, 6.07) is 3.66. The summed E-state index contributed by atoms with van der Waals surface area (Å²) in [7, 11) is 4.14. The van der Waals surface area contributed by atoms with Crippen molar-refractivity contribution in [3.05, 3.63) is 23.9 Å². The van der Waals surface area contributed by atoms with E-state index in [2.05, 4.69) is 35.8 Å². The minimum Gasteiger partial charge on any atom is -0.356 e. The van der Waals surface area contributed by atoms with Crippen molar-refractivity contribution in [2.24, 2.45) is 0 Å². The number of hydrogen-bond acceptors (Lipinski definition) is 4. The standard InChI is InChI=1S/C14H23N3O/c1-5-17(11-7-10-16(3)4)14-13(12(2)18)8-6-9-15-14/h6,8-9H,5,7,10-11H2,1-4H3. The van der Waals surface area contributed by atoms with Crippen molar-refractivity contribution in [2.75, 3.05) is 38.6 Å². The Labute approximate surface area is 110 Å². The summed E-state index contributed by atoms with van der Waals surface area (Å²) in [6.45, 7) is 6.51. The Hall–Kier alpha value is -1.42. The molecule has 1 aromatic rings. The van der Waals surface area contributed by atoms with Crippen LogP contribution in [-0.2, 0) is 0 Å². The highest BCUT2D eigenvalue weighted by atomic mass is 16.1. The SMILES string of the molecule is CCN(CCCN(C)C)c1ncccc1C(C)=O. The Balaban J connectivity index is 2.78. The molecular weight excluding hydrogens is 226 g/mol. The van der Waals surface area contributed by atoms with E-state index in [1.54, 1.807) is 13.1 Å². The molecule has 0 aromatic carbocycles. The Bertz CT molecular complexity index is 390. The third-order valence-corrected chi connectivity index (χ3v) is 2.88. The van der Waals surface area contributed by atoms with Crippen LogP contribution in [0.3, 0.4) is 0 Å². The molecule has 100 valence electrons. The molecule has 0 fully saturated rings. The van der Waals surface area contributed by atoms with E-state index in [4.69, 9.17) is 0 Å². The van der Waals surface area contributed by atoms with Gasteiger partial charge in [-0.1, -0.05) is 0 Å². The number of carbonyl (C=O) groups excluding carboxylic acids is 1. The number of aromatic nitrogens is 1. The maximum Gasteiger partial charge on any atom is 0.163 e. The van der Waals surface area contributed by atoms with Crippen molar-refractivity contribution in [1.82, 2.24) is 9.88 Å². The first-order chi connectivity index (χ1) is 8.56. The lowest BCUT2D eigenvalue weighted by molar-refractivity contribution is 0.101. The van der Waals surface area contributed by atoms with Gasteiger partial charge < -0.3 is 9.80 Å². The van der Waals surface area contributed by atoms with Crippen molar-refractivity contribution in [1.29, 1.82) is 0 Å². The fourth-order valence-electron chi connectivity index (χ4n) is 1.92. The van der Waals surface area contributed by atoms with E-state index >= 15 is 0 Å². The number of nitrogens with zero attached hydrogens (tertiary/aromatic N) is 3. The van der Waals surface area contributed by atoms with Crippen LogP contribution in [0, 0.1) is 0 Å². The first-order valence-electron chi connectivity index (χ1n) is 6.42. The van der Waals surface area contributed by atoms with Crippen molar-refractivity contribution >= 4 is 11.6 Å². The lowest BCUT2D eigenvalue weighted by Crippen LogP contribution is -2.29. The van der Waals surface area contributed by atoms with Crippen LogP contribution in [0.1, 0.15) is 30.6 Å². The smallest absolute Gasteiger partial charge is 0.163 e. The molecular formula is C14H23N3O. The molecule has 0 spiro atoms. The number of hydrogen-bond donors (Lipinski definition) is 0. The van der Waals surface area contributed by atoms with Gasteiger partial charge in [-0.25, -0.2) is 4.98 Å². The van der Waals surface area contributed by atoms with E-state index < -0.39 is 0 Å². The molecule has 0 aliphatic carbocycles. The van der Waals surface area contributed by atoms with Crippen molar-refractivity contribution in [2.45, 2.75) is 20.3 Å². The molecule has 0 amide bonds. The third kappa shape index (κ3) is 4.11. The average molecular weight is 249 g/mol. The molecule has 0 unspecified atom stereocenters. The molecule has 18 heavy (non-hydrogen) atoms. The van der Waals surface area contributed by atoms with Crippen molar-refractivity contribution < 1.29 is 4.79 Å². The molecule has 0 radical (unpaired) electrons. The number of Topliss-reactive ketones (excluding diaryl/α,β-unsaturated/α-hetero) is 1. The van der Waals surface area contributed by atoms with Crippen LogP contribution < -0.4 is 4.90 Å². The lowest BCUT2D eigenvalue weighted by Gasteiger charge is -2.24. The quantitative estimate of drug-likeness (QED) is 0.693. The Kier molecular flexibility index (Phi) is 5.78. The largest absolute Gasteiger partial charge is 0.356 e. The minimum atomic E-state index is 0.0733. The summed E-state index contributed by atoms with van der Waals surface area (Å²) < 4.78 is 0. The van der Waals surface area contributed by atoms with E-state index in [-0.39, 0.29) is 5.78 Å². The first-order valence-corrected chi connectivity index (χ1v) is 6.42. The van der Waals surface area contributed by atoms with E-state index in [1.165, 1.54) is 0 Å². The molecule has 0 N–H and O–H groups in total.